The van der Waals surface area contributed by atoms with Crippen molar-refractivity contribution in [1.82, 2.24) is 10.3 Å². The third-order valence-corrected chi connectivity index (χ3v) is 2.44. The summed E-state index contributed by atoms with van der Waals surface area (Å²) in [6, 6.07) is 3.10. The van der Waals surface area contributed by atoms with E-state index in [2.05, 4.69) is 31.0 Å². The third kappa shape index (κ3) is 3.20. The molecular weight excluding hydrogens is 280 g/mol. The first-order chi connectivity index (χ1) is 7.54. The lowest BCUT2D eigenvalue weighted by Gasteiger charge is -2.05. The molecule has 0 aliphatic rings. The van der Waals surface area contributed by atoms with Gasteiger partial charge in [-0.3, -0.25) is 0 Å². The summed E-state index contributed by atoms with van der Waals surface area (Å²) in [5.41, 5.74) is 0.554. The number of carbonyl (C=O) groups is 2. The summed E-state index contributed by atoms with van der Waals surface area (Å²) in [4.78, 5) is 25.5. The maximum atomic E-state index is 11.2. The van der Waals surface area contributed by atoms with Crippen molar-refractivity contribution >= 4 is 28.0 Å². The molecule has 1 aromatic rings. The topological polar surface area (TPSA) is 88.5 Å². The number of hydrogen-bond donors (Lipinski definition) is 2. The zero-order valence-electron chi connectivity index (χ0n) is 8.36. The number of aromatic nitrogens is 1. The summed E-state index contributed by atoms with van der Waals surface area (Å²) in [5, 5.41) is 10.6. The number of methoxy groups -OCH3 is 1. The van der Waals surface area contributed by atoms with E-state index in [0.717, 1.165) is 0 Å². The van der Waals surface area contributed by atoms with Crippen LogP contribution < -0.4 is 5.32 Å². The summed E-state index contributed by atoms with van der Waals surface area (Å²) in [6.07, 6.45) is -1.16. The highest BCUT2D eigenvalue weighted by Gasteiger charge is 2.10. The molecule has 0 saturated heterocycles. The van der Waals surface area contributed by atoms with Gasteiger partial charge in [0.2, 0.25) is 0 Å². The van der Waals surface area contributed by atoms with Crippen LogP contribution in [0.1, 0.15) is 16.2 Å². The van der Waals surface area contributed by atoms with E-state index in [-0.39, 0.29) is 12.2 Å². The van der Waals surface area contributed by atoms with Crippen molar-refractivity contribution in [3.63, 3.8) is 0 Å². The van der Waals surface area contributed by atoms with Gasteiger partial charge in [0, 0.05) is 4.47 Å². The number of ether oxygens (including phenoxy) is 1. The monoisotopic (exact) mass is 288 g/mol. The maximum Gasteiger partial charge on any atom is 0.404 e. The van der Waals surface area contributed by atoms with Crippen LogP contribution in [0.3, 0.4) is 0 Å². The van der Waals surface area contributed by atoms with Crippen molar-refractivity contribution < 1.29 is 19.4 Å². The molecule has 0 aliphatic carbocycles. The van der Waals surface area contributed by atoms with E-state index in [1.165, 1.54) is 13.2 Å². The fourth-order valence-electron chi connectivity index (χ4n) is 0.986. The smallest absolute Gasteiger partial charge is 0.404 e. The Morgan fingerprint density at radius 3 is 2.81 bits per heavy atom. The highest BCUT2D eigenvalue weighted by molar-refractivity contribution is 9.10. The molecule has 6 nitrogen and oxygen atoms in total. The van der Waals surface area contributed by atoms with Crippen LogP contribution in [0, 0.1) is 0 Å². The van der Waals surface area contributed by atoms with E-state index in [4.69, 9.17) is 5.11 Å². The summed E-state index contributed by atoms with van der Waals surface area (Å²) in [5.74, 6) is -0.566. The number of nitrogens with zero attached hydrogens (tertiary/aromatic N) is 1. The number of rotatable bonds is 3. The first-order valence-corrected chi connectivity index (χ1v) is 5.04. The molecule has 1 amide bonds. The Labute approximate surface area is 99.8 Å². The molecule has 0 saturated carbocycles. The van der Waals surface area contributed by atoms with Gasteiger partial charge in [-0.05, 0) is 28.1 Å². The van der Waals surface area contributed by atoms with Gasteiger partial charge in [0.1, 0.15) is 5.69 Å². The molecule has 0 fully saturated rings. The fraction of sp³-hybridized carbons (Fsp3) is 0.222. The number of esters is 1. The van der Waals surface area contributed by atoms with Crippen molar-refractivity contribution in [1.29, 1.82) is 0 Å². The summed E-state index contributed by atoms with van der Waals surface area (Å²) in [7, 11) is 1.25. The summed E-state index contributed by atoms with van der Waals surface area (Å²) >= 11 is 3.20. The molecule has 1 aromatic heterocycles. The number of nitrogens with one attached hydrogen (secondary N) is 1. The van der Waals surface area contributed by atoms with Gasteiger partial charge >= 0.3 is 12.1 Å². The first-order valence-electron chi connectivity index (χ1n) is 4.25. The van der Waals surface area contributed by atoms with Gasteiger partial charge in [-0.2, -0.15) is 0 Å². The zero-order chi connectivity index (χ0) is 12.1. The number of halogens is 1. The molecule has 0 aromatic carbocycles. The quantitative estimate of drug-likeness (QED) is 0.821. The Bertz CT molecular complexity index is 422. The molecule has 0 spiro atoms. The van der Waals surface area contributed by atoms with Crippen molar-refractivity contribution in [2.24, 2.45) is 0 Å². The number of carbonyl (C=O) groups excluding carboxylic acids is 1. The van der Waals surface area contributed by atoms with Crippen molar-refractivity contribution in [3.05, 3.63) is 28.0 Å². The van der Waals surface area contributed by atoms with Gasteiger partial charge in [0.05, 0.1) is 19.3 Å². The van der Waals surface area contributed by atoms with Gasteiger partial charge in [-0.1, -0.05) is 0 Å². The molecule has 0 bridgehead atoms. The standard InChI is InChI=1S/C9H9BrN2O4/c1-16-8(13)6-3-2-5(10)7(12-6)4-11-9(14)15/h2-3,11H,4H2,1H3,(H,14,15). The maximum absolute atomic E-state index is 11.2. The Hall–Kier alpha value is -1.63. The van der Waals surface area contributed by atoms with Crippen LogP contribution in [0.5, 0.6) is 0 Å². The third-order valence-electron chi connectivity index (χ3n) is 1.72. The van der Waals surface area contributed by atoms with Gasteiger partial charge in [-0.25, -0.2) is 14.6 Å². The molecule has 0 aliphatic heterocycles. The van der Waals surface area contributed by atoms with E-state index >= 15 is 0 Å². The second-order valence-electron chi connectivity index (χ2n) is 2.78. The normalized spacial score (nSPS) is 9.62. The average Bonchev–Trinajstić information content (AvgIpc) is 2.26. The number of carboxylic acid groups (broad SMARTS) is 1. The van der Waals surface area contributed by atoms with E-state index in [1.54, 1.807) is 6.07 Å². The second-order valence-corrected chi connectivity index (χ2v) is 3.63. The molecular formula is C9H9BrN2O4. The van der Waals surface area contributed by atoms with Crippen LogP contribution in [-0.4, -0.2) is 29.3 Å². The molecule has 7 heteroatoms. The van der Waals surface area contributed by atoms with Crippen LogP contribution in [0.2, 0.25) is 0 Å². The first kappa shape index (κ1) is 12.4. The van der Waals surface area contributed by atoms with Crippen molar-refractivity contribution in [2.75, 3.05) is 7.11 Å². The average molecular weight is 289 g/mol. The molecule has 2 N–H and O–H groups in total. The van der Waals surface area contributed by atoms with Gasteiger partial charge in [-0.15, -0.1) is 0 Å². The van der Waals surface area contributed by atoms with Crippen LogP contribution in [-0.2, 0) is 11.3 Å². The molecule has 0 atom stereocenters. The molecule has 86 valence electrons. The molecule has 0 unspecified atom stereocenters. The Kier molecular flexibility index (Phi) is 4.24. The second kappa shape index (κ2) is 5.45. The van der Waals surface area contributed by atoms with Crippen molar-refractivity contribution in [2.45, 2.75) is 6.54 Å². The number of hydrogen-bond acceptors (Lipinski definition) is 4. The fourth-order valence-corrected chi connectivity index (χ4v) is 1.35. The minimum absolute atomic E-state index is 0.0146. The lowest BCUT2D eigenvalue weighted by molar-refractivity contribution is 0.0593. The SMILES string of the molecule is COC(=O)c1ccc(Br)c(CNC(=O)O)n1. The minimum atomic E-state index is -1.16. The Morgan fingerprint density at radius 1 is 1.56 bits per heavy atom. The zero-order valence-corrected chi connectivity index (χ0v) is 9.94. The predicted octanol–water partition coefficient (Wildman–Crippen LogP) is 1.40. The van der Waals surface area contributed by atoms with Gasteiger partial charge in [0.25, 0.3) is 0 Å². The van der Waals surface area contributed by atoms with Crippen LogP contribution >= 0.6 is 15.9 Å². The number of amides is 1. The van der Waals surface area contributed by atoms with Crippen LogP contribution in [0.25, 0.3) is 0 Å². The highest BCUT2D eigenvalue weighted by Crippen LogP contribution is 2.15. The molecule has 16 heavy (non-hydrogen) atoms. The van der Waals surface area contributed by atoms with E-state index in [1.807, 2.05) is 0 Å². The largest absolute Gasteiger partial charge is 0.465 e. The van der Waals surface area contributed by atoms with E-state index < -0.39 is 12.1 Å². The number of pyridine rings is 1. The Balaban J connectivity index is 2.90. The van der Waals surface area contributed by atoms with Gasteiger partial charge < -0.3 is 15.2 Å². The van der Waals surface area contributed by atoms with Gasteiger partial charge in [0.15, 0.2) is 0 Å². The minimum Gasteiger partial charge on any atom is -0.465 e. The predicted molar refractivity (Wildman–Crippen MR) is 58.1 cm³/mol. The highest BCUT2D eigenvalue weighted by atomic mass is 79.9. The Morgan fingerprint density at radius 2 is 2.25 bits per heavy atom. The van der Waals surface area contributed by atoms with Crippen LogP contribution in [0.15, 0.2) is 16.6 Å². The van der Waals surface area contributed by atoms with Crippen LogP contribution in [0.4, 0.5) is 4.79 Å². The lowest BCUT2D eigenvalue weighted by Crippen LogP contribution is -2.21. The van der Waals surface area contributed by atoms with E-state index in [9.17, 15) is 9.59 Å². The molecule has 1 rings (SSSR count). The summed E-state index contributed by atoms with van der Waals surface area (Å²) < 4.78 is 5.12. The van der Waals surface area contributed by atoms with E-state index in [0.29, 0.717) is 10.2 Å². The summed E-state index contributed by atoms with van der Waals surface area (Å²) in [6.45, 7) is 0.0146. The van der Waals surface area contributed by atoms with Crippen molar-refractivity contribution in [3.8, 4) is 0 Å². The molecule has 0 radical (unpaired) electrons. The molecule has 1 heterocycles. The lowest BCUT2D eigenvalue weighted by atomic mass is 10.3.